The summed E-state index contributed by atoms with van der Waals surface area (Å²) >= 11 is 3.55. The largest absolute Gasteiger partial charge is 0.329 e. The van der Waals surface area contributed by atoms with Crippen LogP contribution in [0.1, 0.15) is 31.0 Å². The van der Waals surface area contributed by atoms with E-state index in [1.807, 2.05) is 0 Å². The highest BCUT2D eigenvalue weighted by molar-refractivity contribution is 9.10. The molecule has 0 bridgehead atoms. The molecule has 0 aromatic heterocycles. The summed E-state index contributed by atoms with van der Waals surface area (Å²) in [4.78, 5) is 0. The molecule has 16 heavy (non-hydrogen) atoms. The maximum Gasteiger partial charge on any atom is 0.0445 e. The number of nitrogens with two attached hydrogens (primary N) is 1. The quantitative estimate of drug-likeness (QED) is 0.872. The van der Waals surface area contributed by atoms with Crippen LogP contribution in [0.15, 0.2) is 22.7 Å². The number of benzene rings is 1. The van der Waals surface area contributed by atoms with Crippen LogP contribution in [0, 0.1) is 12.8 Å². The van der Waals surface area contributed by atoms with Gasteiger partial charge in [0.1, 0.15) is 0 Å². The van der Waals surface area contributed by atoms with Crippen LogP contribution >= 0.6 is 15.9 Å². The summed E-state index contributed by atoms with van der Waals surface area (Å²) in [6.45, 7) is 8.11. The molecule has 0 aliphatic heterocycles. The Bertz CT molecular complexity index is 337. The molecule has 0 aliphatic rings. The fourth-order valence-electron chi connectivity index (χ4n) is 1.54. The molecule has 90 valence electrons. The molecule has 0 saturated carbocycles. The normalized spacial score (nSPS) is 13.1. The van der Waals surface area contributed by atoms with Crippen LogP contribution in [-0.2, 0) is 0 Å². The second-order valence-corrected chi connectivity index (χ2v) is 5.45. The monoisotopic (exact) mass is 284 g/mol. The molecule has 0 amide bonds. The van der Waals surface area contributed by atoms with Gasteiger partial charge in [0, 0.05) is 17.1 Å². The lowest BCUT2D eigenvalue weighted by molar-refractivity contribution is 0.479. The van der Waals surface area contributed by atoms with Gasteiger partial charge in [-0.2, -0.15) is 0 Å². The van der Waals surface area contributed by atoms with E-state index in [1.165, 1.54) is 11.1 Å². The van der Waals surface area contributed by atoms with Gasteiger partial charge in [0.25, 0.3) is 0 Å². The predicted octanol–water partition coefficient (Wildman–Crippen LogP) is 3.00. The Hall–Kier alpha value is -0.380. The topological polar surface area (TPSA) is 38.0 Å². The zero-order valence-corrected chi connectivity index (χ0v) is 11.8. The molecule has 1 rings (SSSR count). The SMILES string of the molecule is Cc1ccc(C(CN)NCC(C)C)cc1Br. The van der Waals surface area contributed by atoms with Crippen molar-refractivity contribution in [1.29, 1.82) is 0 Å². The van der Waals surface area contributed by atoms with Crippen molar-refractivity contribution in [2.24, 2.45) is 11.7 Å². The molecular formula is C13H21BrN2. The summed E-state index contributed by atoms with van der Waals surface area (Å²) in [5.74, 6) is 0.642. The minimum absolute atomic E-state index is 0.249. The number of nitrogens with one attached hydrogen (secondary N) is 1. The minimum Gasteiger partial charge on any atom is -0.329 e. The molecule has 1 atom stereocenters. The predicted molar refractivity (Wildman–Crippen MR) is 73.5 cm³/mol. The maximum atomic E-state index is 5.80. The first-order chi connectivity index (χ1) is 7.54. The number of hydrogen-bond donors (Lipinski definition) is 2. The van der Waals surface area contributed by atoms with E-state index in [-0.39, 0.29) is 6.04 Å². The Morgan fingerprint density at radius 3 is 2.56 bits per heavy atom. The Morgan fingerprint density at radius 2 is 2.06 bits per heavy atom. The van der Waals surface area contributed by atoms with Gasteiger partial charge in [-0.1, -0.05) is 41.9 Å². The molecule has 3 heteroatoms. The van der Waals surface area contributed by atoms with E-state index < -0.39 is 0 Å². The lowest BCUT2D eigenvalue weighted by Crippen LogP contribution is -2.30. The van der Waals surface area contributed by atoms with Crippen LogP contribution < -0.4 is 11.1 Å². The third-order valence-corrected chi connectivity index (χ3v) is 3.46. The third-order valence-electron chi connectivity index (χ3n) is 2.61. The summed E-state index contributed by atoms with van der Waals surface area (Å²) < 4.78 is 1.15. The van der Waals surface area contributed by atoms with Crippen molar-refractivity contribution in [3.63, 3.8) is 0 Å². The van der Waals surface area contributed by atoms with Gasteiger partial charge in [0.05, 0.1) is 0 Å². The summed E-state index contributed by atoms with van der Waals surface area (Å²) in [5, 5.41) is 3.49. The molecule has 1 aromatic carbocycles. The fourth-order valence-corrected chi connectivity index (χ4v) is 1.94. The third kappa shape index (κ3) is 3.89. The van der Waals surface area contributed by atoms with Gasteiger partial charge in [-0.3, -0.25) is 0 Å². The van der Waals surface area contributed by atoms with E-state index in [1.54, 1.807) is 0 Å². The number of halogens is 1. The van der Waals surface area contributed by atoms with Gasteiger partial charge in [0.2, 0.25) is 0 Å². The van der Waals surface area contributed by atoms with Crippen molar-refractivity contribution >= 4 is 15.9 Å². The lowest BCUT2D eigenvalue weighted by Gasteiger charge is -2.19. The van der Waals surface area contributed by atoms with Crippen molar-refractivity contribution in [1.82, 2.24) is 5.32 Å². The average molecular weight is 285 g/mol. The van der Waals surface area contributed by atoms with Gasteiger partial charge in [-0.25, -0.2) is 0 Å². The zero-order valence-electron chi connectivity index (χ0n) is 10.3. The average Bonchev–Trinajstić information content (AvgIpc) is 2.23. The maximum absolute atomic E-state index is 5.80. The van der Waals surface area contributed by atoms with Crippen molar-refractivity contribution in [2.45, 2.75) is 26.8 Å². The van der Waals surface area contributed by atoms with Gasteiger partial charge in [-0.15, -0.1) is 0 Å². The van der Waals surface area contributed by atoms with Crippen LogP contribution in [0.3, 0.4) is 0 Å². The zero-order chi connectivity index (χ0) is 12.1. The first-order valence-electron chi connectivity index (χ1n) is 5.74. The number of hydrogen-bond acceptors (Lipinski definition) is 2. The van der Waals surface area contributed by atoms with Crippen molar-refractivity contribution in [3.05, 3.63) is 33.8 Å². The summed E-state index contributed by atoms with van der Waals surface area (Å²) in [5.41, 5.74) is 8.31. The molecule has 0 saturated heterocycles. The fraction of sp³-hybridized carbons (Fsp3) is 0.538. The molecule has 0 aliphatic carbocycles. The smallest absolute Gasteiger partial charge is 0.0445 e. The second-order valence-electron chi connectivity index (χ2n) is 4.60. The van der Waals surface area contributed by atoms with Crippen molar-refractivity contribution < 1.29 is 0 Å². The van der Waals surface area contributed by atoms with Gasteiger partial charge >= 0.3 is 0 Å². The molecule has 2 nitrogen and oxygen atoms in total. The van der Waals surface area contributed by atoms with Crippen molar-refractivity contribution in [2.75, 3.05) is 13.1 Å². The van der Waals surface area contributed by atoms with Gasteiger partial charge < -0.3 is 11.1 Å². The summed E-state index contributed by atoms with van der Waals surface area (Å²) in [7, 11) is 0. The Balaban J connectivity index is 2.74. The lowest BCUT2D eigenvalue weighted by atomic mass is 10.0. The number of aryl methyl sites for hydroxylation is 1. The van der Waals surface area contributed by atoms with E-state index in [0.29, 0.717) is 12.5 Å². The Morgan fingerprint density at radius 1 is 1.38 bits per heavy atom. The first kappa shape index (κ1) is 13.7. The van der Waals surface area contributed by atoms with Crippen LogP contribution in [0.2, 0.25) is 0 Å². The molecule has 0 spiro atoms. The number of rotatable bonds is 5. The van der Waals surface area contributed by atoms with E-state index >= 15 is 0 Å². The Labute approximate surface area is 107 Å². The molecular weight excluding hydrogens is 264 g/mol. The molecule has 1 unspecified atom stereocenters. The van der Waals surface area contributed by atoms with Gasteiger partial charge in [-0.05, 0) is 36.6 Å². The summed E-state index contributed by atoms with van der Waals surface area (Å²) in [6, 6.07) is 6.67. The van der Waals surface area contributed by atoms with Crippen LogP contribution in [0.4, 0.5) is 0 Å². The highest BCUT2D eigenvalue weighted by atomic mass is 79.9. The first-order valence-corrected chi connectivity index (χ1v) is 6.53. The molecule has 3 N–H and O–H groups in total. The molecule has 0 fully saturated rings. The highest BCUT2D eigenvalue weighted by Gasteiger charge is 2.10. The van der Waals surface area contributed by atoms with E-state index in [4.69, 9.17) is 5.73 Å². The molecule has 1 aromatic rings. The van der Waals surface area contributed by atoms with Gasteiger partial charge in [0.15, 0.2) is 0 Å². The van der Waals surface area contributed by atoms with E-state index in [0.717, 1.165) is 11.0 Å². The van der Waals surface area contributed by atoms with E-state index in [9.17, 15) is 0 Å². The molecule has 0 radical (unpaired) electrons. The highest BCUT2D eigenvalue weighted by Crippen LogP contribution is 2.21. The minimum atomic E-state index is 0.249. The van der Waals surface area contributed by atoms with E-state index in [2.05, 4.69) is 60.2 Å². The van der Waals surface area contributed by atoms with Crippen LogP contribution in [-0.4, -0.2) is 13.1 Å². The van der Waals surface area contributed by atoms with Crippen LogP contribution in [0.5, 0.6) is 0 Å². The molecule has 0 heterocycles. The standard InChI is InChI=1S/C13H21BrN2/c1-9(2)8-16-13(7-15)11-5-4-10(3)12(14)6-11/h4-6,9,13,16H,7-8,15H2,1-3H3. The van der Waals surface area contributed by atoms with Crippen LogP contribution in [0.25, 0.3) is 0 Å². The Kier molecular flexibility index (Phi) is 5.46. The second kappa shape index (κ2) is 6.38. The van der Waals surface area contributed by atoms with Crippen molar-refractivity contribution in [3.8, 4) is 0 Å². The summed E-state index contributed by atoms with van der Waals surface area (Å²) in [6.07, 6.45) is 0.